The van der Waals surface area contributed by atoms with E-state index in [4.69, 9.17) is 4.42 Å². The first-order valence-electron chi connectivity index (χ1n) is 10.3. The van der Waals surface area contributed by atoms with Crippen molar-refractivity contribution in [1.82, 2.24) is 20.6 Å². The summed E-state index contributed by atoms with van der Waals surface area (Å²) in [6, 6.07) is 5.71. The highest BCUT2D eigenvalue weighted by Gasteiger charge is 2.13. The van der Waals surface area contributed by atoms with Crippen molar-refractivity contribution < 1.29 is 9.21 Å². The van der Waals surface area contributed by atoms with Gasteiger partial charge in [0.25, 0.3) is 0 Å². The zero-order chi connectivity index (χ0) is 21.5. The zero-order valence-corrected chi connectivity index (χ0v) is 17.7. The molecule has 0 unspecified atom stereocenters. The first kappa shape index (κ1) is 21.4. The van der Waals surface area contributed by atoms with E-state index in [0.717, 1.165) is 35.4 Å². The Morgan fingerprint density at radius 2 is 1.90 bits per heavy atom. The van der Waals surface area contributed by atoms with Gasteiger partial charge < -0.3 is 24.9 Å². The number of hydrogen-bond donors (Lipinski definition) is 3. The molecule has 0 radical (unpaired) electrons. The molecule has 0 fully saturated rings. The van der Waals surface area contributed by atoms with Crippen molar-refractivity contribution in [3.63, 3.8) is 0 Å². The number of nitrogens with one attached hydrogen (secondary N) is 3. The summed E-state index contributed by atoms with van der Waals surface area (Å²) in [6.45, 7) is 8.75. The van der Waals surface area contributed by atoms with Crippen LogP contribution in [-0.2, 0) is 12.8 Å². The summed E-state index contributed by atoms with van der Waals surface area (Å²) in [6.07, 6.45) is 4.43. The van der Waals surface area contributed by atoms with Gasteiger partial charge in [0, 0.05) is 67.2 Å². The third-order valence-corrected chi connectivity index (χ3v) is 5.29. The van der Waals surface area contributed by atoms with E-state index in [9.17, 15) is 9.59 Å². The molecule has 3 rings (SSSR count). The second-order valence-electron chi connectivity index (χ2n) is 7.11. The largest absolute Gasteiger partial charge is 0.422 e. The van der Waals surface area contributed by atoms with Crippen LogP contribution in [0.1, 0.15) is 30.7 Å². The second-order valence-corrected chi connectivity index (χ2v) is 7.11. The quantitative estimate of drug-likeness (QED) is 0.470. The fourth-order valence-corrected chi connectivity index (χ4v) is 3.55. The Labute approximate surface area is 175 Å². The molecule has 3 aromatic rings. The molecule has 0 saturated heterocycles. The first-order chi connectivity index (χ1) is 14.5. The van der Waals surface area contributed by atoms with Crippen LogP contribution in [0.15, 0.2) is 39.9 Å². The first-order valence-corrected chi connectivity index (χ1v) is 10.3. The molecule has 0 atom stereocenters. The van der Waals surface area contributed by atoms with Gasteiger partial charge in [0.2, 0.25) is 0 Å². The van der Waals surface area contributed by atoms with E-state index in [-0.39, 0.29) is 11.7 Å². The van der Waals surface area contributed by atoms with Crippen LogP contribution in [0.25, 0.3) is 11.0 Å². The lowest BCUT2D eigenvalue weighted by Gasteiger charge is -2.21. The summed E-state index contributed by atoms with van der Waals surface area (Å²) < 4.78 is 5.60. The van der Waals surface area contributed by atoms with Crippen molar-refractivity contribution in [1.29, 1.82) is 0 Å². The number of fused-ring (bicyclic) bond motifs is 1. The van der Waals surface area contributed by atoms with Gasteiger partial charge in [-0.3, -0.25) is 0 Å². The molecule has 0 aliphatic carbocycles. The Morgan fingerprint density at radius 1 is 1.17 bits per heavy atom. The maximum absolute atomic E-state index is 12.5. The number of urea groups is 1. The highest BCUT2D eigenvalue weighted by molar-refractivity contribution is 5.84. The number of aryl methyl sites for hydroxylation is 1. The minimum absolute atomic E-state index is 0.263. The molecule has 0 bridgehead atoms. The molecule has 2 amide bonds. The molecule has 1 aromatic carbocycles. The number of hydrogen-bond acceptors (Lipinski definition) is 5. The Kier molecular flexibility index (Phi) is 7.11. The SMILES string of the molecule is CCN(CC)c1ccc2c(C)c(CCNC(=O)NCCc3cnc[nH]3)c(=O)oc2c1. The van der Waals surface area contributed by atoms with E-state index < -0.39 is 0 Å². The van der Waals surface area contributed by atoms with Gasteiger partial charge in [-0.1, -0.05) is 0 Å². The molecular weight excluding hydrogens is 382 g/mol. The van der Waals surface area contributed by atoms with Gasteiger partial charge in [-0.2, -0.15) is 0 Å². The van der Waals surface area contributed by atoms with E-state index in [0.29, 0.717) is 37.1 Å². The maximum atomic E-state index is 12.5. The van der Waals surface area contributed by atoms with E-state index in [1.54, 1.807) is 12.5 Å². The highest BCUT2D eigenvalue weighted by Crippen LogP contribution is 2.25. The van der Waals surface area contributed by atoms with Crippen molar-refractivity contribution in [2.75, 3.05) is 31.1 Å². The van der Waals surface area contributed by atoms with Gasteiger partial charge in [0.05, 0.1) is 6.33 Å². The summed E-state index contributed by atoms with van der Waals surface area (Å²) >= 11 is 0. The van der Waals surface area contributed by atoms with Crippen LogP contribution in [0.4, 0.5) is 10.5 Å². The topological polar surface area (TPSA) is 103 Å². The third-order valence-electron chi connectivity index (χ3n) is 5.29. The Balaban J connectivity index is 1.61. The summed E-state index contributed by atoms with van der Waals surface area (Å²) in [5, 5.41) is 6.50. The number of aromatic amines is 1. The molecule has 3 N–H and O–H groups in total. The lowest BCUT2D eigenvalue weighted by atomic mass is 10.0. The summed E-state index contributed by atoms with van der Waals surface area (Å²) in [5.74, 6) is 0. The monoisotopic (exact) mass is 411 g/mol. The van der Waals surface area contributed by atoms with Gasteiger partial charge in [-0.25, -0.2) is 14.6 Å². The lowest BCUT2D eigenvalue weighted by Crippen LogP contribution is -2.38. The van der Waals surface area contributed by atoms with Crippen LogP contribution in [-0.4, -0.2) is 42.2 Å². The smallest absolute Gasteiger partial charge is 0.339 e. The third kappa shape index (κ3) is 5.00. The number of aromatic nitrogens is 2. The van der Waals surface area contributed by atoms with Crippen molar-refractivity contribution in [3.8, 4) is 0 Å². The standard InChI is InChI=1S/C22H29N5O3/c1-4-27(5-2)17-6-7-18-15(3)19(21(28)30-20(18)12-17)9-11-25-22(29)24-10-8-16-13-23-14-26-16/h6-7,12-14H,4-5,8-11H2,1-3H3,(H,23,26)(H2,24,25,29). The van der Waals surface area contributed by atoms with E-state index >= 15 is 0 Å². The summed E-state index contributed by atoms with van der Waals surface area (Å²) in [4.78, 5) is 33.6. The molecule has 2 heterocycles. The highest BCUT2D eigenvalue weighted by atomic mass is 16.4. The molecule has 0 aliphatic heterocycles. The molecule has 0 spiro atoms. The minimum Gasteiger partial charge on any atom is -0.422 e. The molecule has 8 nitrogen and oxygen atoms in total. The van der Waals surface area contributed by atoms with Crippen LogP contribution in [0.5, 0.6) is 0 Å². The van der Waals surface area contributed by atoms with Gasteiger partial charge in [-0.15, -0.1) is 0 Å². The van der Waals surface area contributed by atoms with Crippen molar-refractivity contribution in [3.05, 3.63) is 58.0 Å². The zero-order valence-electron chi connectivity index (χ0n) is 17.7. The van der Waals surface area contributed by atoms with Gasteiger partial charge in [0.1, 0.15) is 5.58 Å². The molecule has 160 valence electrons. The number of amides is 2. The van der Waals surface area contributed by atoms with Gasteiger partial charge in [0.15, 0.2) is 0 Å². The number of anilines is 1. The van der Waals surface area contributed by atoms with Crippen molar-refractivity contribution in [2.24, 2.45) is 0 Å². The number of carbonyl (C=O) groups is 1. The molecule has 2 aromatic heterocycles. The Morgan fingerprint density at radius 3 is 2.57 bits per heavy atom. The van der Waals surface area contributed by atoms with E-state index in [1.807, 2.05) is 19.1 Å². The number of H-pyrrole nitrogens is 1. The predicted molar refractivity (Wildman–Crippen MR) is 118 cm³/mol. The normalized spacial score (nSPS) is 10.9. The van der Waals surface area contributed by atoms with Crippen LogP contribution >= 0.6 is 0 Å². The number of carbonyl (C=O) groups excluding carboxylic acids is 1. The van der Waals surface area contributed by atoms with Gasteiger partial charge in [-0.05, 0) is 44.9 Å². The molecule has 0 saturated carbocycles. The van der Waals surface area contributed by atoms with Crippen molar-refractivity contribution in [2.45, 2.75) is 33.6 Å². The number of benzene rings is 1. The van der Waals surface area contributed by atoms with Gasteiger partial charge >= 0.3 is 11.7 Å². The summed E-state index contributed by atoms with van der Waals surface area (Å²) in [7, 11) is 0. The molecule has 8 heteroatoms. The predicted octanol–water partition coefficient (Wildman–Crippen LogP) is 2.76. The van der Waals surface area contributed by atoms with Crippen LogP contribution < -0.4 is 21.2 Å². The Hall–Kier alpha value is -3.29. The molecule has 0 aliphatic rings. The molecule has 30 heavy (non-hydrogen) atoms. The van der Waals surface area contributed by atoms with Crippen molar-refractivity contribution >= 4 is 22.7 Å². The van der Waals surface area contributed by atoms with E-state index in [1.165, 1.54) is 0 Å². The Bertz CT molecular complexity index is 1040. The minimum atomic E-state index is -0.349. The van der Waals surface area contributed by atoms with Crippen LogP contribution in [0.2, 0.25) is 0 Å². The van der Waals surface area contributed by atoms with Crippen LogP contribution in [0, 0.1) is 6.92 Å². The summed E-state index contributed by atoms with van der Waals surface area (Å²) in [5.41, 5.74) is 3.73. The fourth-order valence-electron chi connectivity index (χ4n) is 3.55. The number of nitrogens with zero attached hydrogens (tertiary/aromatic N) is 2. The number of rotatable bonds is 9. The average Bonchev–Trinajstić information content (AvgIpc) is 3.25. The van der Waals surface area contributed by atoms with Crippen LogP contribution in [0.3, 0.4) is 0 Å². The van der Waals surface area contributed by atoms with E-state index in [2.05, 4.69) is 45.4 Å². The average molecular weight is 412 g/mol. The molecular formula is C22H29N5O3. The maximum Gasteiger partial charge on any atom is 0.339 e. The fraction of sp³-hybridized carbons (Fsp3) is 0.409. The lowest BCUT2D eigenvalue weighted by molar-refractivity contribution is 0.241. The second kappa shape index (κ2) is 9.96. The number of imidazole rings is 1.